The molecule has 1 aliphatic heterocycles. The first-order valence-corrected chi connectivity index (χ1v) is 7.69. The minimum atomic E-state index is 0.407. The normalized spacial score (nSPS) is 35.4. The van der Waals surface area contributed by atoms with Crippen molar-refractivity contribution in [3.05, 3.63) is 0 Å². The lowest BCUT2D eigenvalue weighted by Crippen LogP contribution is -2.51. The molecule has 1 saturated carbocycles. The highest BCUT2D eigenvalue weighted by Crippen LogP contribution is 2.40. The van der Waals surface area contributed by atoms with Crippen molar-refractivity contribution < 1.29 is 4.74 Å². The molecule has 0 amide bonds. The summed E-state index contributed by atoms with van der Waals surface area (Å²) in [5, 5.41) is 1.17. The molecule has 94 valence electrons. The number of morpholine rings is 1. The zero-order valence-electron chi connectivity index (χ0n) is 10.5. The van der Waals surface area contributed by atoms with Gasteiger partial charge in [-0.2, -0.15) is 0 Å². The Morgan fingerprint density at radius 1 is 1.31 bits per heavy atom. The molecule has 0 spiro atoms. The van der Waals surface area contributed by atoms with Gasteiger partial charge in [0.1, 0.15) is 0 Å². The van der Waals surface area contributed by atoms with Crippen molar-refractivity contribution >= 4 is 15.9 Å². The van der Waals surface area contributed by atoms with Crippen molar-refractivity contribution in [2.45, 2.75) is 51.7 Å². The molecule has 0 radical (unpaired) electrons. The van der Waals surface area contributed by atoms with Gasteiger partial charge in [0.2, 0.25) is 0 Å². The van der Waals surface area contributed by atoms with Gasteiger partial charge in [0.25, 0.3) is 0 Å². The average Bonchev–Trinajstić information content (AvgIpc) is 2.73. The van der Waals surface area contributed by atoms with Crippen LogP contribution in [0.4, 0.5) is 0 Å². The summed E-state index contributed by atoms with van der Waals surface area (Å²) in [5.74, 6) is 0. The van der Waals surface area contributed by atoms with Crippen molar-refractivity contribution in [2.75, 3.05) is 25.0 Å². The van der Waals surface area contributed by atoms with Crippen LogP contribution < -0.4 is 0 Å². The van der Waals surface area contributed by atoms with Crippen molar-refractivity contribution in [1.29, 1.82) is 0 Å². The lowest BCUT2D eigenvalue weighted by atomic mass is 9.87. The molecule has 0 aromatic heterocycles. The number of halogens is 1. The van der Waals surface area contributed by atoms with Crippen molar-refractivity contribution in [2.24, 2.45) is 5.41 Å². The van der Waals surface area contributed by atoms with Crippen LogP contribution in [0.3, 0.4) is 0 Å². The first-order valence-electron chi connectivity index (χ1n) is 6.57. The second kappa shape index (κ2) is 5.36. The molecule has 2 rings (SSSR count). The van der Waals surface area contributed by atoms with Crippen LogP contribution in [-0.4, -0.2) is 42.1 Å². The van der Waals surface area contributed by atoms with Crippen molar-refractivity contribution in [3.8, 4) is 0 Å². The van der Waals surface area contributed by atoms with E-state index in [1.54, 1.807) is 0 Å². The molecule has 0 aromatic rings. The van der Waals surface area contributed by atoms with Crippen LogP contribution in [0, 0.1) is 5.41 Å². The molecule has 0 bridgehead atoms. The number of rotatable bonds is 3. The summed E-state index contributed by atoms with van der Waals surface area (Å²) in [4.78, 5) is 2.64. The van der Waals surface area contributed by atoms with Gasteiger partial charge >= 0.3 is 0 Å². The Balaban J connectivity index is 1.96. The predicted octanol–water partition coefficient (Wildman–Crippen LogP) is 3.05. The predicted molar refractivity (Wildman–Crippen MR) is 71.1 cm³/mol. The molecule has 0 N–H and O–H groups in total. The Kier molecular flexibility index (Phi) is 4.31. The zero-order chi connectivity index (χ0) is 11.6. The van der Waals surface area contributed by atoms with Crippen molar-refractivity contribution in [3.63, 3.8) is 0 Å². The molecule has 1 heterocycles. The van der Waals surface area contributed by atoms with E-state index in [1.165, 1.54) is 37.6 Å². The number of ether oxygens (including phenoxy) is 1. The smallest absolute Gasteiger partial charge is 0.0674 e. The maximum absolute atomic E-state index is 5.70. The van der Waals surface area contributed by atoms with Crippen molar-refractivity contribution in [1.82, 2.24) is 4.90 Å². The minimum absolute atomic E-state index is 0.407. The van der Waals surface area contributed by atoms with Crippen LogP contribution in [0.1, 0.15) is 39.5 Å². The van der Waals surface area contributed by atoms with Gasteiger partial charge in [-0.1, -0.05) is 28.8 Å². The van der Waals surface area contributed by atoms with E-state index in [0.717, 1.165) is 13.2 Å². The van der Waals surface area contributed by atoms with E-state index in [9.17, 15) is 0 Å². The lowest BCUT2D eigenvalue weighted by molar-refractivity contribution is -0.0605. The van der Waals surface area contributed by atoms with Crippen LogP contribution in [0.5, 0.6) is 0 Å². The fourth-order valence-corrected chi connectivity index (χ4v) is 3.82. The summed E-state index contributed by atoms with van der Waals surface area (Å²) in [5.41, 5.74) is 0.547. The average molecular weight is 290 g/mol. The molecular weight excluding hydrogens is 266 g/mol. The molecule has 2 aliphatic rings. The first-order chi connectivity index (χ1) is 7.65. The Labute approximate surface area is 108 Å². The van der Waals surface area contributed by atoms with Gasteiger partial charge in [-0.15, -0.1) is 0 Å². The number of nitrogens with zero attached hydrogens (tertiary/aromatic N) is 1. The molecule has 1 aliphatic carbocycles. The van der Waals surface area contributed by atoms with Gasteiger partial charge in [-0.25, -0.2) is 0 Å². The van der Waals surface area contributed by atoms with E-state index in [-0.39, 0.29) is 0 Å². The SMILES string of the molecule is CC1CN(CC2(CBr)CCCC2)C(C)CO1. The molecule has 2 atom stereocenters. The fourth-order valence-electron chi connectivity index (χ4n) is 3.08. The van der Waals surface area contributed by atoms with E-state index >= 15 is 0 Å². The number of hydrogen-bond acceptors (Lipinski definition) is 2. The molecular formula is C13H24BrNO. The summed E-state index contributed by atoms with van der Waals surface area (Å²) < 4.78 is 5.70. The van der Waals surface area contributed by atoms with Crippen LogP contribution in [0.25, 0.3) is 0 Å². The Morgan fingerprint density at radius 2 is 2.00 bits per heavy atom. The van der Waals surface area contributed by atoms with Crippen LogP contribution in [-0.2, 0) is 4.74 Å². The highest BCUT2D eigenvalue weighted by Gasteiger charge is 2.37. The van der Waals surface area contributed by atoms with Gasteiger partial charge in [0.15, 0.2) is 0 Å². The standard InChI is InChI=1S/C13H24BrNO/c1-11-8-16-12(2)7-15(11)10-13(9-14)5-3-4-6-13/h11-12H,3-10H2,1-2H3. The number of alkyl halides is 1. The summed E-state index contributed by atoms with van der Waals surface area (Å²) in [6.07, 6.45) is 6.04. The van der Waals surface area contributed by atoms with Gasteiger partial charge in [-0.3, -0.25) is 4.90 Å². The molecule has 1 saturated heterocycles. The summed E-state index contributed by atoms with van der Waals surface area (Å²) >= 11 is 3.74. The third kappa shape index (κ3) is 2.80. The second-order valence-electron chi connectivity index (χ2n) is 5.76. The summed E-state index contributed by atoms with van der Waals surface area (Å²) in [6, 6.07) is 0.590. The maximum Gasteiger partial charge on any atom is 0.0674 e. The van der Waals surface area contributed by atoms with E-state index in [1.807, 2.05) is 0 Å². The van der Waals surface area contributed by atoms with Crippen LogP contribution in [0.2, 0.25) is 0 Å². The van der Waals surface area contributed by atoms with Gasteiger partial charge < -0.3 is 4.74 Å². The third-order valence-corrected chi connectivity index (χ3v) is 5.41. The summed E-state index contributed by atoms with van der Waals surface area (Å²) in [6.45, 7) is 7.75. The topological polar surface area (TPSA) is 12.5 Å². The molecule has 3 heteroatoms. The van der Waals surface area contributed by atoms with E-state index < -0.39 is 0 Å². The quantitative estimate of drug-likeness (QED) is 0.741. The van der Waals surface area contributed by atoms with E-state index in [0.29, 0.717) is 17.6 Å². The second-order valence-corrected chi connectivity index (χ2v) is 6.32. The van der Waals surface area contributed by atoms with Gasteiger partial charge in [0, 0.05) is 24.5 Å². The first kappa shape index (κ1) is 12.8. The molecule has 2 unspecified atom stereocenters. The molecule has 16 heavy (non-hydrogen) atoms. The van der Waals surface area contributed by atoms with E-state index in [2.05, 4.69) is 34.7 Å². The van der Waals surface area contributed by atoms with Gasteiger partial charge in [-0.05, 0) is 32.1 Å². The Bertz CT molecular complexity index is 228. The lowest BCUT2D eigenvalue weighted by Gasteiger charge is -2.42. The van der Waals surface area contributed by atoms with Gasteiger partial charge in [0.05, 0.1) is 12.7 Å². The zero-order valence-corrected chi connectivity index (χ0v) is 12.1. The Morgan fingerprint density at radius 3 is 2.62 bits per heavy atom. The molecule has 2 nitrogen and oxygen atoms in total. The van der Waals surface area contributed by atoms with Crippen LogP contribution in [0.15, 0.2) is 0 Å². The highest BCUT2D eigenvalue weighted by atomic mass is 79.9. The number of hydrogen-bond donors (Lipinski definition) is 0. The third-order valence-electron chi connectivity index (χ3n) is 4.22. The molecule has 2 fully saturated rings. The molecule has 0 aromatic carbocycles. The van der Waals surface area contributed by atoms with Crippen LogP contribution >= 0.6 is 15.9 Å². The fraction of sp³-hybridized carbons (Fsp3) is 1.00. The maximum atomic E-state index is 5.70. The minimum Gasteiger partial charge on any atom is -0.376 e. The summed E-state index contributed by atoms with van der Waals surface area (Å²) in [7, 11) is 0. The largest absolute Gasteiger partial charge is 0.376 e. The highest BCUT2D eigenvalue weighted by molar-refractivity contribution is 9.09. The Hall–Kier alpha value is 0.400. The monoisotopic (exact) mass is 289 g/mol. The van der Waals surface area contributed by atoms with E-state index in [4.69, 9.17) is 4.74 Å².